The number of rotatable bonds is 3. The molecule has 1 aromatic heterocycles. The summed E-state index contributed by atoms with van der Waals surface area (Å²) in [7, 11) is 2.02. The smallest absolute Gasteiger partial charge is 0.151 e. The molecule has 0 spiro atoms. The molecule has 1 N–H and O–H groups in total. The Labute approximate surface area is 126 Å². The summed E-state index contributed by atoms with van der Waals surface area (Å²) in [5.74, 6) is 0.873. The van der Waals surface area contributed by atoms with Crippen LogP contribution in [-0.4, -0.2) is 18.2 Å². The fraction of sp³-hybridized carbons (Fsp3) is 0.214. The quantitative estimate of drug-likeness (QED) is 0.832. The second kappa shape index (κ2) is 5.80. The lowest BCUT2D eigenvalue weighted by molar-refractivity contribution is 0.846. The minimum atomic E-state index is 0.0236. The first-order valence-corrected chi connectivity index (χ1v) is 7.04. The summed E-state index contributed by atoms with van der Waals surface area (Å²) in [5.41, 5.74) is 2.13. The Balaban J connectivity index is 2.33. The van der Waals surface area contributed by atoms with Gasteiger partial charge in [0.25, 0.3) is 0 Å². The molecule has 0 saturated carbocycles. The summed E-state index contributed by atoms with van der Waals surface area (Å²) in [4.78, 5) is 6.51. The van der Waals surface area contributed by atoms with Crippen LogP contribution in [0.5, 0.6) is 0 Å². The molecule has 19 heavy (non-hydrogen) atoms. The third kappa shape index (κ3) is 2.85. The SMILES string of the molecule is C=C/C(Cl)=C\C(=C/C)C1Nc2ncc(Br)cc2N1C. The van der Waals surface area contributed by atoms with E-state index in [1.54, 1.807) is 12.3 Å². The molecule has 1 aromatic rings. The van der Waals surface area contributed by atoms with Crippen molar-refractivity contribution in [2.24, 2.45) is 0 Å². The number of anilines is 2. The van der Waals surface area contributed by atoms with Gasteiger partial charge in [-0.3, -0.25) is 0 Å². The van der Waals surface area contributed by atoms with Crippen LogP contribution in [0, 0.1) is 0 Å². The molecule has 1 unspecified atom stereocenters. The van der Waals surface area contributed by atoms with Crippen molar-refractivity contribution in [2.75, 3.05) is 17.3 Å². The van der Waals surface area contributed by atoms with Crippen molar-refractivity contribution in [3.63, 3.8) is 0 Å². The number of likely N-dealkylation sites (N-methyl/N-ethyl adjacent to an activating group) is 1. The van der Waals surface area contributed by atoms with Gasteiger partial charge in [0.05, 0.1) is 5.69 Å². The van der Waals surface area contributed by atoms with Crippen LogP contribution in [0.25, 0.3) is 0 Å². The third-order valence-corrected chi connectivity index (χ3v) is 3.72. The second-order valence-corrected chi connectivity index (χ2v) is 5.55. The minimum Gasteiger partial charge on any atom is -0.348 e. The van der Waals surface area contributed by atoms with Crippen molar-refractivity contribution in [2.45, 2.75) is 13.1 Å². The number of hydrogen-bond acceptors (Lipinski definition) is 3. The largest absolute Gasteiger partial charge is 0.348 e. The average Bonchev–Trinajstić information content (AvgIpc) is 2.73. The lowest BCUT2D eigenvalue weighted by Crippen LogP contribution is -2.33. The Bertz CT molecular complexity index is 566. The van der Waals surface area contributed by atoms with E-state index in [0.29, 0.717) is 5.03 Å². The maximum atomic E-state index is 6.03. The molecule has 1 aliphatic heterocycles. The molecule has 0 aromatic carbocycles. The fourth-order valence-corrected chi connectivity index (χ4v) is 2.46. The number of hydrogen-bond donors (Lipinski definition) is 1. The van der Waals surface area contributed by atoms with Gasteiger partial charge < -0.3 is 10.2 Å². The molecule has 0 bridgehead atoms. The van der Waals surface area contributed by atoms with E-state index in [1.807, 2.05) is 32.2 Å². The van der Waals surface area contributed by atoms with Crippen LogP contribution in [0.2, 0.25) is 0 Å². The maximum Gasteiger partial charge on any atom is 0.151 e. The molecule has 0 saturated heterocycles. The lowest BCUT2D eigenvalue weighted by Gasteiger charge is -2.23. The van der Waals surface area contributed by atoms with Gasteiger partial charge in [0.2, 0.25) is 0 Å². The first-order valence-electron chi connectivity index (χ1n) is 5.87. The van der Waals surface area contributed by atoms with Crippen molar-refractivity contribution in [1.82, 2.24) is 4.98 Å². The van der Waals surface area contributed by atoms with Crippen molar-refractivity contribution in [3.8, 4) is 0 Å². The monoisotopic (exact) mass is 339 g/mol. The number of nitrogens with one attached hydrogen (secondary N) is 1. The van der Waals surface area contributed by atoms with Gasteiger partial charge >= 0.3 is 0 Å². The summed E-state index contributed by atoms with van der Waals surface area (Å²) < 4.78 is 0.960. The number of fused-ring (bicyclic) bond motifs is 1. The zero-order valence-corrected chi connectivity index (χ0v) is 13.2. The summed E-state index contributed by atoms with van der Waals surface area (Å²) in [6, 6.07) is 2.04. The number of halogens is 2. The molecule has 1 atom stereocenters. The van der Waals surface area contributed by atoms with Gasteiger partial charge in [0.1, 0.15) is 6.17 Å². The predicted molar refractivity (Wildman–Crippen MR) is 85.6 cm³/mol. The topological polar surface area (TPSA) is 28.2 Å². The van der Waals surface area contributed by atoms with E-state index in [9.17, 15) is 0 Å². The molecule has 0 amide bonds. The lowest BCUT2D eigenvalue weighted by atomic mass is 10.1. The van der Waals surface area contributed by atoms with E-state index >= 15 is 0 Å². The van der Waals surface area contributed by atoms with Crippen molar-refractivity contribution in [3.05, 3.63) is 52.1 Å². The Kier molecular flexibility index (Phi) is 4.32. The molecule has 0 aliphatic carbocycles. The standard InChI is InChI=1S/C14H15BrClN3/c1-4-9(6-11(16)5-2)14-18-13-12(19(14)3)7-10(15)8-17-13/h4-8,14H,2H2,1,3H3,(H,17,18)/b9-4+,11-6+. The van der Waals surface area contributed by atoms with E-state index in [-0.39, 0.29) is 6.17 Å². The van der Waals surface area contributed by atoms with Crippen LogP contribution < -0.4 is 10.2 Å². The minimum absolute atomic E-state index is 0.0236. The Morgan fingerprint density at radius 2 is 2.37 bits per heavy atom. The molecular weight excluding hydrogens is 326 g/mol. The zero-order valence-electron chi connectivity index (χ0n) is 10.8. The molecule has 1 aliphatic rings. The van der Waals surface area contributed by atoms with Gasteiger partial charge in [-0.25, -0.2) is 4.98 Å². The number of allylic oxidation sites excluding steroid dienone is 3. The van der Waals surface area contributed by atoms with Crippen molar-refractivity contribution >= 4 is 39.0 Å². The summed E-state index contributed by atoms with van der Waals surface area (Å²) in [5, 5.41) is 4.00. The van der Waals surface area contributed by atoms with E-state index in [4.69, 9.17) is 11.6 Å². The molecule has 2 rings (SSSR count). The van der Waals surface area contributed by atoms with Gasteiger partial charge in [0.15, 0.2) is 5.82 Å². The number of nitrogens with zero attached hydrogens (tertiary/aromatic N) is 2. The van der Waals surface area contributed by atoms with Gasteiger partial charge in [-0.05, 0) is 40.6 Å². The van der Waals surface area contributed by atoms with Crippen LogP contribution in [0.3, 0.4) is 0 Å². The van der Waals surface area contributed by atoms with Crippen LogP contribution in [-0.2, 0) is 0 Å². The van der Waals surface area contributed by atoms with Crippen molar-refractivity contribution < 1.29 is 0 Å². The highest BCUT2D eigenvalue weighted by Crippen LogP contribution is 2.36. The fourth-order valence-electron chi connectivity index (χ4n) is 2.02. The van der Waals surface area contributed by atoms with E-state index in [0.717, 1.165) is 21.6 Å². The highest BCUT2D eigenvalue weighted by atomic mass is 79.9. The van der Waals surface area contributed by atoms with E-state index in [2.05, 4.69) is 37.7 Å². The van der Waals surface area contributed by atoms with Gasteiger partial charge in [-0.1, -0.05) is 30.3 Å². The normalized spacial score (nSPS) is 19.2. The molecule has 0 fully saturated rings. The average molecular weight is 341 g/mol. The van der Waals surface area contributed by atoms with Gasteiger partial charge in [-0.15, -0.1) is 0 Å². The van der Waals surface area contributed by atoms with E-state index < -0.39 is 0 Å². The zero-order chi connectivity index (χ0) is 14.0. The van der Waals surface area contributed by atoms with Gasteiger partial charge in [-0.2, -0.15) is 0 Å². The Morgan fingerprint density at radius 1 is 1.63 bits per heavy atom. The van der Waals surface area contributed by atoms with Crippen LogP contribution in [0.15, 0.2) is 52.1 Å². The first-order chi connectivity index (χ1) is 9.06. The Morgan fingerprint density at radius 3 is 3.00 bits per heavy atom. The van der Waals surface area contributed by atoms with Crippen molar-refractivity contribution in [1.29, 1.82) is 0 Å². The highest BCUT2D eigenvalue weighted by Gasteiger charge is 2.28. The number of pyridine rings is 1. The van der Waals surface area contributed by atoms with Crippen LogP contribution >= 0.6 is 27.5 Å². The molecular formula is C14H15BrClN3. The molecule has 0 radical (unpaired) electrons. The summed E-state index contributed by atoms with van der Waals surface area (Å²) >= 11 is 9.47. The third-order valence-electron chi connectivity index (χ3n) is 3.02. The highest BCUT2D eigenvalue weighted by molar-refractivity contribution is 9.10. The maximum absolute atomic E-state index is 6.03. The number of aromatic nitrogens is 1. The van der Waals surface area contributed by atoms with Gasteiger partial charge in [0, 0.05) is 22.7 Å². The van der Waals surface area contributed by atoms with E-state index in [1.165, 1.54) is 0 Å². The second-order valence-electron chi connectivity index (χ2n) is 4.20. The summed E-state index contributed by atoms with van der Waals surface area (Å²) in [6.07, 6.45) is 7.37. The molecule has 5 heteroatoms. The molecule has 2 heterocycles. The first kappa shape index (κ1) is 14.2. The molecule has 100 valence electrons. The van der Waals surface area contributed by atoms with Crippen LogP contribution in [0.4, 0.5) is 11.5 Å². The predicted octanol–water partition coefficient (Wildman–Crippen LogP) is 4.29. The Hall–Kier alpha value is -1.26. The summed E-state index contributed by atoms with van der Waals surface area (Å²) in [6.45, 7) is 5.65. The molecule has 3 nitrogen and oxygen atoms in total. The van der Waals surface area contributed by atoms with Crippen LogP contribution in [0.1, 0.15) is 6.92 Å².